The van der Waals surface area contributed by atoms with Crippen LogP contribution >= 0.6 is 7.82 Å². The number of allylic oxidation sites excluding steroid dienone is 10. The summed E-state index contributed by atoms with van der Waals surface area (Å²) in [6, 6.07) is 0. The molecule has 0 bridgehead atoms. The molecule has 0 radical (unpaired) electrons. The zero-order valence-electron chi connectivity index (χ0n) is 32.8. The molecule has 10 heteroatoms. The van der Waals surface area contributed by atoms with Crippen molar-refractivity contribution >= 4 is 19.8 Å². The normalized spacial score (nSPS) is 14.4. The second-order valence-corrected chi connectivity index (χ2v) is 15.3. The minimum absolute atomic E-state index is 0.0418. The Morgan fingerprint density at radius 2 is 1.12 bits per heavy atom. The Hall–Kier alpha value is -2.29. The van der Waals surface area contributed by atoms with E-state index in [0.29, 0.717) is 23.9 Å². The number of hydrogen-bond acceptors (Lipinski definition) is 8. The van der Waals surface area contributed by atoms with E-state index in [1.165, 1.54) is 19.3 Å². The summed E-state index contributed by atoms with van der Waals surface area (Å²) in [5, 5.41) is 0. The number of rotatable bonds is 34. The average Bonchev–Trinajstić information content (AvgIpc) is 3.07. The van der Waals surface area contributed by atoms with E-state index >= 15 is 0 Å². The van der Waals surface area contributed by atoms with Crippen LogP contribution in [-0.4, -0.2) is 70.0 Å². The van der Waals surface area contributed by atoms with Crippen molar-refractivity contribution in [2.75, 3.05) is 47.5 Å². The van der Waals surface area contributed by atoms with Gasteiger partial charge in [-0.05, 0) is 77.0 Å². The number of phosphoric ester groups is 1. The third-order valence-corrected chi connectivity index (χ3v) is 8.74. The van der Waals surface area contributed by atoms with Gasteiger partial charge in [-0.1, -0.05) is 107 Å². The molecule has 0 N–H and O–H groups in total. The predicted molar refractivity (Wildman–Crippen MR) is 208 cm³/mol. The summed E-state index contributed by atoms with van der Waals surface area (Å²) in [7, 11) is 1.12. The Balaban J connectivity index is 4.53. The molecule has 51 heavy (non-hydrogen) atoms. The number of hydrogen-bond donors (Lipinski definition) is 0. The molecule has 0 aromatic heterocycles. The highest BCUT2D eigenvalue weighted by atomic mass is 31.2. The SMILES string of the molecule is CC/C=C\C/C=C\C/C=C\C/C=C\CCCCC(=O)OC[C@H](COP(=O)([O-])OCC[N+](C)(C)C)OC(=O)CCCCCCC/C=C\CCCCC. The summed E-state index contributed by atoms with van der Waals surface area (Å²) in [4.78, 5) is 37.3. The van der Waals surface area contributed by atoms with Gasteiger partial charge in [-0.2, -0.15) is 0 Å². The number of esters is 2. The molecule has 0 heterocycles. The van der Waals surface area contributed by atoms with Crippen LogP contribution in [-0.2, 0) is 32.7 Å². The Bertz CT molecular complexity index is 1060. The molecule has 2 atom stereocenters. The van der Waals surface area contributed by atoms with Gasteiger partial charge in [0.15, 0.2) is 6.10 Å². The Morgan fingerprint density at radius 3 is 1.73 bits per heavy atom. The summed E-state index contributed by atoms with van der Waals surface area (Å²) in [6.45, 7) is 3.99. The van der Waals surface area contributed by atoms with Crippen molar-refractivity contribution in [3.63, 3.8) is 0 Å². The van der Waals surface area contributed by atoms with Gasteiger partial charge in [0.1, 0.15) is 19.8 Å². The van der Waals surface area contributed by atoms with Crippen molar-refractivity contribution in [3.8, 4) is 0 Å². The van der Waals surface area contributed by atoms with E-state index in [2.05, 4.69) is 74.6 Å². The number of phosphoric acid groups is 1. The average molecular weight is 738 g/mol. The summed E-state index contributed by atoms with van der Waals surface area (Å²) < 4.78 is 33.7. The van der Waals surface area contributed by atoms with Gasteiger partial charge in [0.25, 0.3) is 7.82 Å². The highest BCUT2D eigenvalue weighted by Crippen LogP contribution is 2.38. The van der Waals surface area contributed by atoms with Gasteiger partial charge in [-0.15, -0.1) is 0 Å². The topological polar surface area (TPSA) is 111 Å². The van der Waals surface area contributed by atoms with Crippen molar-refractivity contribution in [1.29, 1.82) is 0 Å². The maximum Gasteiger partial charge on any atom is 0.306 e. The van der Waals surface area contributed by atoms with E-state index in [4.69, 9.17) is 18.5 Å². The minimum Gasteiger partial charge on any atom is -0.756 e. The standard InChI is InChI=1S/C41H72NO8P/c1-6-8-10-12-14-16-18-20-21-22-24-25-27-29-31-33-40(43)47-37-39(38-49-51(45,46)48-36-35-42(3,4)5)50-41(44)34-32-30-28-26-23-19-17-15-13-11-9-7-2/h8,10,14-17,20-21,24-25,39H,6-7,9,11-13,18-19,22-23,26-38H2,1-5H3/b10-8-,16-14-,17-15-,21-20-,25-24-/t39-/m1/s1. The van der Waals surface area contributed by atoms with Gasteiger partial charge in [0, 0.05) is 12.8 Å². The molecule has 0 aliphatic carbocycles. The summed E-state index contributed by atoms with van der Waals surface area (Å²) in [5.74, 6) is -0.902. The molecule has 294 valence electrons. The fraction of sp³-hybridized carbons (Fsp3) is 0.707. The molecular formula is C41H72NO8P. The number of nitrogens with zero attached hydrogens (tertiary/aromatic N) is 1. The maximum atomic E-state index is 12.6. The van der Waals surface area contributed by atoms with Gasteiger partial charge in [-0.3, -0.25) is 14.2 Å². The van der Waals surface area contributed by atoms with E-state index < -0.39 is 32.5 Å². The fourth-order valence-electron chi connectivity index (χ4n) is 4.70. The first-order valence-electron chi connectivity index (χ1n) is 19.5. The molecule has 0 saturated heterocycles. The van der Waals surface area contributed by atoms with Gasteiger partial charge >= 0.3 is 11.9 Å². The second-order valence-electron chi connectivity index (χ2n) is 13.9. The Labute approximate surface area is 311 Å². The zero-order valence-corrected chi connectivity index (χ0v) is 33.7. The Morgan fingerprint density at radius 1 is 0.627 bits per heavy atom. The van der Waals surface area contributed by atoms with E-state index in [1.54, 1.807) is 0 Å². The lowest BCUT2D eigenvalue weighted by Gasteiger charge is -2.28. The predicted octanol–water partition coefficient (Wildman–Crippen LogP) is 9.88. The van der Waals surface area contributed by atoms with Crippen molar-refractivity contribution in [1.82, 2.24) is 0 Å². The van der Waals surface area contributed by atoms with Gasteiger partial charge in [0.05, 0.1) is 27.7 Å². The van der Waals surface area contributed by atoms with E-state index in [0.717, 1.165) is 77.0 Å². The quantitative estimate of drug-likeness (QED) is 0.0211. The van der Waals surface area contributed by atoms with Gasteiger partial charge in [0.2, 0.25) is 0 Å². The number of carbonyl (C=O) groups excluding carboxylic acids is 2. The zero-order chi connectivity index (χ0) is 37.9. The number of likely N-dealkylation sites (N-methyl/N-ethyl adjacent to an activating group) is 1. The lowest BCUT2D eigenvalue weighted by molar-refractivity contribution is -0.870. The second kappa shape index (κ2) is 33.5. The molecule has 0 aromatic carbocycles. The van der Waals surface area contributed by atoms with Crippen LogP contribution in [0, 0.1) is 0 Å². The molecule has 0 rings (SSSR count). The fourth-order valence-corrected chi connectivity index (χ4v) is 5.42. The first-order valence-corrected chi connectivity index (χ1v) is 21.0. The van der Waals surface area contributed by atoms with Crippen molar-refractivity contribution in [3.05, 3.63) is 60.8 Å². The number of unbranched alkanes of at least 4 members (excludes halogenated alkanes) is 10. The van der Waals surface area contributed by atoms with Crippen LogP contribution in [0.2, 0.25) is 0 Å². The summed E-state index contributed by atoms with van der Waals surface area (Å²) >= 11 is 0. The number of carbonyl (C=O) groups is 2. The minimum atomic E-state index is -4.63. The molecule has 0 aromatic rings. The van der Waals surface area contributed by atoms with E-state index in [-0.39, 0.29) is 26.1 Å². The highest BCUT2D eigenvalue weighted by molar-refractivity contribution is 7.45. The molecule has 0 spiro atoms. The third kappa shape index (κ3) is 37.3. The molecule has 0 aliphatic heterocycles. The highest BCUT2D eigenvalue weighted by Gasteiger charge is 2.21. The summed E-state index contributed by atoms with van der Waals surface area (Å²) in [5.41, 5.74) is 0. The van der Waals surface area contributed by atoms with Crippen LogP contribution in [0.25, 0.3) is 0 Å². The first kappa shape index (κ1) is 48.7. The molecule has 9 nitrogen and oxygen atoms in total. The van der Waals surface area contributed by atoms with Crippen molar-refractivity contribution in [2.45, 2.75) is 142 Å². The van der Waals surface area contributed by atoms with E-state index in [9.17, 15) is 19.0 Å². The Kier molecular flexibility index (Phi) is 32.0. The summed E-state index contributed by atoms with van der Waals surface area (Å²) in [6.07, 6.45) is 38.2. The van der Waals surface area contributed by atoms with Gasteiger partial charge in [-0.25, -0.2) is 0 Å². The van der Waals surface area contributed by atoms with Crippen LogP contribution in [0.4, 0.5) is 0 Å². The van der Waals surface area contributed by atoms with Crippen LogP contribution < -0.4 is 4.89 Å². The van der Waals surface area contributed by atoms with E-state index in [1.807, 2.05) is 21.1 Å². The van der Waals surface area contributed by atoms with Crippen LogP contribution in [0.1, 0.15) is 136 Å². The number of ether oxygens (including phenoxy) is 2. The lowest BCUT2D eigenvalue weighted by atomic mass is 10.1. The van der Waals surface area contributed by atoms with Crippen molar-refractivity contribution in [2.24, 2.45) is 0 Å². The largest absolute Gasteiger partial charge is 0.756 e. The van der Waals surface area contributed by atoms with Crippen molar-refractivity contribution < 1.29 is 42.1 Å². The number of quaternary nitrogens is 1. The molecule has 0 saturated carbocycles. The van der Waals surface area contributed by atoms with Crippen LogP contribution in [0.5, 0.6) is 0 Å². The van der Waals surface area contributed by atoms with Crippen LogP contribution in [0.3, 0.4) is 0 Å². The molecule has 0 amide bonds. The molecular weight excluding hydrogens is 665 g/mol. The first-order chi connectivity index (χ1) is 24.5. The third-order valence-electron chi connectivity index (χ3n) is 7.77. The molecule has 0 fully saturated rings. The van der Waals surface area contributed by atoms with Gasteiger partial charge < -0.3 is 27.9 Å². The smallest absolute Gasteiger partial charge is 0.306 e. The lowest BCUT2D eigenvalue weighted by Crippen LogP contribution is -2.37. The molecule has 0 aliphatic rings. The monoisotopic (exact) mass is 737 g/mol. The maximum absolute atomic E-state index is 12.6. The van der Waals surface area contributed by atoms with Crippen LogP contribution in [0.15, 0.2) is 60.8 Å². The molecule has 1 unspecified atom stereocenters.